The number of methoxy groups -OCH3 is 1. The van der Waals surface area contributed by atoms with Crippen LogP contribution in [-0.2, 0) is 14.3 Å². The first-order chi connectivity index (χ1) is 10.0. The molecule has 1 aliphatic carbocycles. The van der Waals surface area contributed by atoms with E-state index >= 15 is 0 Å². The molecule has 0 radical (unpaired) electrons. The van der Waals surface area contributed by atoms with E-state index in [1.54, 1.807) is 7.11 Å². The van der Waals surface area contributed by atoms with E-state index in [1.807, 2.05) is 0 Å². The molecule has 5 nitrogen and oxygen atoms in total. The number of ether oxygens (including phenoxy) is 2. The molecule has 1 heterocycles. The normalized spacial score (nSPS) is 28.8. The number of hydrogen-bond donors (Lipinski definition) is 2. The van der Waals surface area contributed by atoms with Crippen LogP contribution in [0.4, 0.5) is 0 Å². The molecular weight excluding hydrogens is 288 g/mol. The number of carbonyl (C=O) groups excluding carboxylic acids is 1. The van der Waals surface area contributed by atoms with Crippen molar-refractivity contribution in [2.24, 2.45) is 11.1 Å². The van der Waals surface area contributed by atoms with E-state index in [0.29, 0.717) is 24.7 Å². The smallest absolute Gasteiger partial charge is 0.233 e. The molecule has 1 aliphatic heterocycles. The van der Waals surface area contributed by atoms with Crippen LogP contribution in [0, 0.1) is 5.41 Å². The minimum atomic E-state index is -0.680. The van der Waals surface area contributed by atoms with E-state index in [0.717, 1.165) is 44.9 Å². The summed E-state index contributed by atoms with van der Waals surface area (Å²) in [6, 6.07) is 0. The second-order valence-corrected chi connectivity index (χ2v) is 6.67. The van der Waals surface area contributed by atoms with Gasteiger partial charge in [0.15, 0.2) is 0 Å². The van der Waals surface area contributed by atoms with Gasteiger partial charge in [-0.2, -0.15) is 0 Å². The highest BCUT2D eigenvalue weighted by atomic mass is 32.1. The standard InChI is InChI=1S/C15H26N2O3S/c1-19-14(8-9-20-11-14)10-17-13(18)15(12(16)21)6-4-2-3-5-7-15/h2-11H2,1H3,(H2,16,21)(H,17,18). The van der Waals surface area contributed by atoms with E-state index < -0.39 is 11.0 Å². The van der Waals surface area contributed by atoms with Gasteiger partial charge in [0.2, 0.25) is 5.91 Å². The van der Waals surface area contributed by atoms with Crippen molar-refractivity contribution in [3.63, 3.8) is 0 Å². The summed E-state index contributed by atoms with van der Waals surface area (Å²) in [5.74, 6) is -0.0415. The van der Waals surface area contributed by atoms with Crippen LogP contribution >= 0.6 is 12.2 Å². The summed E-state index contributed by atoms with van der Waals surface area (Å²) >= 11 is 5.23. The number of thiocarbonyl (C=S) groups is 1. The Kier molecular flexibility index (Phi) is 5.57. The lowest BCUT2D eigenvalue weighted by Gasteiger charge is -2.33. The first-order valence-electron chi connectivity index (χ1n) is 7.76. The van der Waals surface area contributed by atoms with Gasteiger partial charge in [0, 0.05) is 26.7 Å². The number of carbonyl (C=O) groups is 1. The van der Waals surface area contributed by atoms with Gasteiger partial charge in [0.05, 0.1) is 17.0 Å². The summed E-state index contributed by atoms with van der Waals surface area (Å²) in [6.45, 7) is 1.64. The zero-order chi connectivity index (χ0) is 15.3. The average Bonchev–Trinajstić information content (AvgIpc) is 2.80. The van der Waals surface area contributed by atoms with Gasteiger partial charge in [-0.25, -0.2) is 0 Å². The van der Waals surface area contributed by atoms with Crippen LogP contribution in [0.3, 0.4) is 0 Å². The fourth-order valence-electron chi connectivity index (χ4n) is 3.29. The largest absolute Gasteiger partial charge is 0.392 e. The molecule has 0 spiro atoms. The quantitative estimate of drug-likeness (QED) is 0.595. The zero-order valence-electron chi connectivity index (χ0n) is 12.8. The molecule has 2 fully saturated rings. The SMILES string of the molecule is COC1(CNC(=O)C2(C(N)=S)CCCCCC2)CCOC1. The molecule has 6 heteroatoms. The van der Waals surface area contributed by atoms with Crippen LogP contribution in [0.1, 0.15) is 44.9 Å². The third-order valence-electron chi connectivity index (χ3n) is 4.93. The summed E-state index contributed by atoms with van der Waals surface area (Å²) in [5, 5.41) is 3.02. The van der Waals surface area contributed by atoms with Gasteiger partial charge in [-0.3, -0.25) is 4.79 Å². The molecule has 0 bridgehead atoms. The van der Waals surface area contributed by atoms with Crippen molar-refractivity contribution in [3.05, 3.63) is 0 Å². The molecular formula is C15H26N2O3S. The van der Waals surface area contributed by atoms with Gasteiger partial charge in [0.25, 0.3) is 0 Å². The maximum atomic E-state index is 12.8. The van der Waals surface area contributed by atoms with E-state index in [1.165, 1.54) is 0 Å². The topological polar surface area (TPSA) is 73.6 Å². The Bertz CT molecular complexity index is 386. The van der Waals surface area contributed by atoms with Crippen LogP contribution in [-0.4, -0.2) is 43.4 Å². The number of amides is 1. The van der Waals surface area contributed by atoms with E-state index in [4.69, 9.17) is 27.4 Å². The first kappa shape index (κ1) is 16.6. The van der Waals surface area contributed by atoms with E-state index in [-0.39, 0.29) is 5.91 Å². The fraction of sp³-hybridized carbons (Fsp3) is 0.867. The molecule has 1 amide bonds. The predicted molar refractivity (Wildman–Crippen MR) is 85.1 cm³/mol. The molecule has 0 aromatic rings. The Balaban J connectivity index is 2.03. The lowest BCUT2D eigenvalue weighted by atomic mass is 9.79. The molecule has 1 saturated carbocycles. The van der Waals surface area contributed by atoms with Crippen LogP contribution in [0.15, 0.2) is 0 Å². The maximum Gasteiger partial charge on any atom is 0.233 e. The highest BCUT2D eigenvalue weighted by Gasteiger charge is 2.43. The fourth-order valence-corrected chi connectivity index (χ4v) is 3.59. The van der Waals surface area contributed by atoms with Gasteiger partial charge in [-0.05, 0) is 12.8 Å². The lowest BCUT2D eigenvalue weighted by molar-refractivity contribution is -0.129. The molecule has 1 atom stereocenters. The highest BCUT2D eigenvalue weighted by Crippen LogP contribution is 2.36. The van der Waals surface area contributed by atoms with Crippen molar-refractivity contribution in [3.8, 4) is 0 Å². The van der Waals surface area contributed by atoms with Crippen molar-refractivity contribution < 1.29 is 14.3 Å². The summed E-state index contributed by atoms with van der Waals surface area (Å²) < 4.78 is 10.9. The van der Waals surface area contributed by atoms with Gasteiger partial charge in [-0.1, -0.05) is 37.9 Å². The Morgan fingerprint density at radius 1 is 1.29 bits per heavy atom. The molecule has 3 N–H and O–H groups in total. The molecule has 0 aromatic heterocycles. The minimum absolute atomic E-state index is 0.0415. The predicted octanol–water partition coefficient (Wildman–Crippen LogP) is 1.53. The Labute approximate surface area is 131 Å². The van der Waals surface area contributed by atoms with Crippen LogP contribution < -0.4 is 11.1 Å². The average molecular weight is 314 g/mol. The second kappa shape index (κ2) is 7.03. The minimum Gasteiger partial charge on any atom is -0.392 e. The Morgan fingerprint density at radius 3 is 2.43 bits per heavy atom. The second-order valence-electron chi connectivity index (χ2n) is 6.23. The molecule has 21 heavy (non-hydrogen) atoms. The Morgan fingerprint density at radius 2 is 1.95 bits per heavy atom. The van der Waals surface area contributed by atoms with Crippen molar-refractivity contribution >= 4 is 23.1 Å². The number of hydrogen-bond acceptors (Lipinski definition) is 4. The maximum absolute atomic E-state index is 12.8. The number of nitrogens with two attached hydrogens (primary N) is 1. The third-order valence-corrected chi connectivity index (χ3v) is 5.33. The van der Waals surface area contributed by atoms with Crippen molar-refractivity contribution in [2.45, 2.75) is 50.5 Å². The van der Waals surface area contributed by atoms with Gasteiger partial charge in [-0.15, -0.1) is 0 Å². The number of nitrogens with one attached hydrogen (secondary N) is 1. The zero-order valence-corrected chi connectivity index (χ0v) is 13.6. The molecule has 2 aliphatic rings. The van der Waals surface area contributed by atoms with Gasteiger partial charge in [0.1, 0.15) is 5.60 Å². The molecule has 1 unspecified atom stereocenters. The molecule has 1 saturated heterocycles. The highest BCUT2D eigenvalue weighted by molar-refractivity contribution is 7.80. The molecule has 2 rings (SSSR count). The number of rotatable bonds is 5. The first-order valence-corrected chi connectivity index (χ1v) is 8.17. The van der Waals surface area contributed by atoms with Crippen LogP contribution in [0.5, 0.6) is 0 Å². The summed E-state index contributed by atoms with van der Waals surface area (Å²) in [7, 11) is 1.66. The van der Waals surface area contributed by atoms with E-state index in [9.17, 15) is 4.79 Å². The van der Waals surface area contributed by atoms with Gasteiger partial charge >= 0.3 is 0 Å². The van der Waals surface area contributed by atoms with Crippen LogP contribution in [0.2, 0.25) is 0 Å². The molecule has 120 valence electrons. The lowest BCUT2D eigenvalue weighted by Crippen LogP contribution is -2.53. The van der Waals surface area contributed by atoms with Crippen molar-refractivity contribution in [2.75, 3.05) is 26.9 Å². The summed E-state index contributed by atoms with van der Waals surface area (Å²) in [4.78, 5) is 13.1. The third kappa shape index (κ3) is 3.55. The van der Waals surface area contributed by atoms with Gasteiger partial charge < -0.3 is 20.5 Å². The molecule has 0 aromatic carbocycles. The van der Waals surface area contributed by atoms with Crippen LogP contribution in [0.25, 0.3) is 0 Å². The van der Waals surface area contributed by atoms with E-state index in [2.05, 4.69) is 5.32 Å². The summed E-state index contributed by atoms with van der Waals surface area (Å²) in [5.41, 5.74) is 4.85. The Hall–Kier alpha value is -0.720. The van der Waals surface area contributed by atoms with Crippen molar-refractivity contribution in [1.82, 2.24) is 5.32 Å². The monoisotopic (exact) mass is 314 g/mol. The summed E-state index contributed by atoms with van der Waals surface area (Å²) in [6.07, 6.45) is 6.60. The van der Waals surface area contributed by atoms with Crippen molar-refractivity contribution in [1.29, 1.82) is 0 Å².